The Balaban J connectivity index is 2.77. The van der Waals surface area contributed by atoms with Crippen LogP contribution in [0.1, 0.15) is 46.0 Å². The summed E-state index contributed by atoms with van der Waals surface area (Å²) in [7, 11) is 0. The smallest absolute Gasteiger partial charge is 0.305 e. The number of amides is 1. The predicted molar refractivity (Wildman–Crippen MR) is 64.5 cm³/mol. The Kier molecular flexibility index (Phi) is 4.51. The molecule has 1 atom stereocenters. The minimum atomic E-state index is -0.856. The average molecular weight is 242 g/mol. The third kappa shape index (κ3) is 2.97. The largest absolute Gasteiger partial charge is 0.481 e. The first kappa shape index (κ1) is 14.0. The van der Waals surface area contributed by atoms with Crippen LogP contribution in [-0.2, 0) is 9.59 Å². The molecule has 1 saturated heterocycles. The Labute approximate surface area is 102 Å². The molecule has 0 aromatic heterocycles. The van der Waals surface area contributed by atoms with E-state index in [4.69, 9.17) is 10.8 Å². The average Bonchev–Trinajstić information content (AvgIpc) is 2.74. The van der Waals surface area contributed by atoms with Gasteiger partial charge >= 0.3 is 5.97 Å². The number of nitrogens with zero attached hydrogens (tertiary/aromatic N) is 1. The van der Waals surface area contributed by atoms with E-state index in [9.17, 15) is 9.59 Å². The lowest BCUT2D eigenvalue weighted by Crippen LogP contribution is -2.56. The van der Waals surface area contributed by atoms with Crippen LogP contribution >= 0.6 is 0 Å². The van der Waals surface area contributed by atoms with Crippen molar-refractivity contribution in [3.8, 4) is 0 Å². The Morgan fingerprint density at radius 3 is 2.47 bits per heavy atom. The number of carboxylic acid groups (broad SMARTS) is 1. The molecule has 0 spiro atoms. The van der Waals surface area contributed by atoms with E-state index in [-0.39, 0.29) is 18.4 Å². The lowest BCUT2D eigenvalue weighted by molar-refractivity contribution is -0.142. The van der Waals surface area contributed by atoms with Crippen LogP contribution in [0, 0.1) is 0 Å². The fourth-order valence-corrected chi connectivity index (χ4v) is 2.36. The summed E-state index contributed by atoms with van der Waals surface area (Å²) in [6.07, 6.45) is 2.82. The molecule has 1 amide bonds. The summed E-state index contributed by atoms with van der Waals surface area (Å²) in [5.41, 5.74) is 5.24. The predicted octanol–water partition coefficient (Wildman–Crippen LogP) is 0.970. The Hall–Kier alpha value is -1.10. The van der Waals surface area contributed by atoms with Crippen LogP contribution in [0.5, 0.6) is 0 Å². The topological polar surface area (TPSA) is 83.6 Å². The van der Waals surface area contributed by atoms with Crippen molar-refractivity contribution in [3.63, 3.8) is 0 Å². The number of carboxylic acids is 1. The normalized spacial score (nSPS) is 20.6. The molecular formula is C12H22N2O3. The van der Waals surface area contributed by atoms with Crippen molar-refractivity contribution in [3.05, 3.63) is 0 Å². The highest BCUT2D eigenvalue weighted by Crippen LogP contribution is 2.25. The molecule has 1 aliphatic rings. The summed E-state index contributed by atoms with van der Waals surface area (Å²) in [5.74, 6) is -0.948. The van der Waals surface area contributed by atoms with Crippen LogP contribution in [0.15, 0.2) is 0 Å². The van der Waals surface area contributed by atoms with Crippen LogP contribution in [0.25, 0.3) is 0 Å². The van der Waals surface area contributed by atoms with Crippen molar-refractivity contribution < 1.29 is 14.7 Å². The quantitative estimate of drug-likeness (QED) is 0.752. The standard InChI is InChI=1S/C12H22N2O3/c1-3-12(13,4-2)11(17)14-7-5-6-9(14)8-10(15)16/h9H,3-8,13H2,1-2H3,(H,15,16). The molecule has 0 aliphatic carbocycles. The lowest BCUT2D eigenvalue weighted by atomic mass is 9.92. The highest BCUT2D eigenvalue weighted by molar-refractivity contribution is 5.87. The van der Waals surface area contributed by atoms with Crippen LogP contribution in [0.3, 0.4) is 0 Å². The molecule has 0 aromatic carbocycles. The van der Waals surface area contributed by atoms with Crippen LogP contribution in [-0.4, -0.2) is 40.0 Å². The molecule has 1 heterocycles. The zero-order valence-corrected chi connectivity index (χ0v) is 10.6. The molecule has 98 valence electrons. The first-order valence-electron chi connectivity index (χ1n) is 6.26. The third-order valence-electron chi connectivity index (χ3n) is 3.74. The molecule has 1 rings (SSSR count). The minimum Gasteiger partial charge on any atom is -0.481 e. The van der Waals surface area contributed by atoms with E-state index in [0.717, 1.165) is 12.8 Å². The zero-order chi connectivity index (χ0) is 13.1. The zero-order valence-electron chi connectivity index (χ0n) is 10.6. The number of carbonyl (C=O) groups is 2. The van der Waals surface area contributed by atoms with E-state index in [1.807, 2.05) is 13.8 Å². The van der Waals surface area contributed by atoms with Gasteiger partial charge in [0.05, 0.1) is 12.0 Å². The van der Waals surface area contributed by atoms with Crippen molar-refractivity contribution in [2.75, 3.05) is 6.54 Å². The summed E-state index contributed by atoms with van der Waals surface area (Å²) in [6, 6.07) is -0.180. The van der Waals surface area contributed by atoms with Gasteiger partial charge in [-0.3, -0.25) is 9.59 Å². The number of hydrogen-bond donors (Lipinski definition) is 2. The molecule has 1 unspecified atom stereocenters. The highest BCUT2D eigenvalue weighted by Gasteiger charge is 2.39. The van der Waals surface area contributed by atoms with E-state index in [0.29, 0.717) is 19.4 Å². The van der Waals surface area contributed by atoms with Gasteiger partial charge in [-0.15, -0.1) is 0 Å². The van der Waals surface area contributed by atoms with Gasteiger partial charge in [0.15, 0.2) is 0 Å². The number of nitrogens with two attached hydrogens (primary N) is 1. The number of carbonyl (C=O) groups excluding carboxylic acids is 1. The molecule has 0 radical (unpaired) electrons. The molecule has 0 saturated carbocycles. The second-order valence-corrected chi connectivity index (χ2v) is 4.76. The summed E-state index contributed by atoms with van der Waals surface area (Å²) in [4.78, 5) is 24.7. The third-order valence-corrected chi connectivity index (χ3v) is 3.74. The van der Waals surface area contributed by atoms with Gasteiger partial charge in [0, 0.05) is 12.6 Å². The maximum Gasteiger partial charge on any atom is 0.305 e. The maximum absolute atomic E-state index is 12.3. The van der Waals surface area contributed by atoms with Gasteiger partial charge in [-0.05, 0) is 25.7 Å². The molecule has 1 aliphatic heterocycles. The van der Waals surface area contributed by atoms with Crippen molar-refractivity contribution in [2.45, 2.75) is 57.5 Å². The number of likely N-dealkylation sites (tertiary alicyclic amines) is 1. The van der Waals surface area contributed by atoms with E-state index in [1.54, 1.807) is 4.90 Å². The molecule has 0 bridgehead atoms. The molecule has 5 heteroatoms. The second-order valence-electron chi connectivity index (χ2n) is 4.76. The Morgan fingerprint density at radius 2 is 2.00 bits per heavy atom. The highest BCUT2D eigenvalue weighted by atomic mass is 16.4. The second kappa shape index (κ2) is 5.49. The van der Waals surface area contributed by atoms with Crippen molar-refractivity contribution in [2.24, 2.45) is 5.73 Å². The summed E-state index contributed by atoms with van der Waals surface area (Å²) in [5, 5.41) is 8.82. The van der Waals surface area contributed by atoms with Crippen LogP contribution in [0.4, 0.5) is 0 Å². The summed E-state index contributed by atoms with van der Waals surface area (Å²) in [6.45, 7) is 4.42. The maximum atomic E-state index is 12.3. The summed E-state index contributed by atoms with van der Waals surface area (Å²) >= 11 is 0. The van der Waals surface area contributed by atoms with E-state index >= 15 is 0 Å². The van der Waals surface area contributed by atoms with Gasteiger partial charge in [-0.25, -0.2) is 0 Å². The van der Waals surface area contributed by atoms with Crippen LogP contribution < -0.4 is 5.73 Å². The van der Waals surface area contributed by atoms with Crippen molar-refractivity contribution in [1.82, 2.24) is 4.90 Å². The number of aliphatic carboxylic acids is 1. The minimum absolute atomic E-state index is 0.0231. The molecule has 0 aromatic rings. The Bertz CT molecular complexity index is 300. The van der Waals surface area contributed by atoms with Gasteiger partial charge in [0.2, 0.25) is 5.91 Å². The first-order valence-corrected chi connectivity index (χ1v) is 6.26. The SMILES string of the molecule is CCC(N)(CC)C(=O)N1CCCC1CC(=O)O. The monoisotopic (exact) mass is 242 g/mol. The van der Waals surface area contributed by atoms with Crippen molar-refractivity contribution in [1.29, 1.82) is 0 Å². The van der Waals surface area contributed by atoms with Gasteiger partial charge in [-0.1, -0.05) is 13.8 Å². The fraction of sp³-hybridized carbons (Fsp3) is 0.833. The van der Waals surface area contributed by atoms with E-state index in [2.05, 4.69) is 0 Å². The van der Waals surface area contributed by atoms with Gasteiger partial charge < -0.3 is 15.7 Å². The summed E-state index contributed by atoms with van der Waals surface area (Å²) < 4.78 is 0. The number of rotatable bonds is 5. The van der Waals surface area contributed by atoms with Crippen LogP contribution in [0.2, 0.25) is 0 Å². The van der Waals surface area contributed by atoms with Gasteiger partial charge in [0.1, 0.15) is 0 Å². The van der Waals surface area contributed by atoms with Gasteiger partial charge in [0.25, 0.3) is 0 Å². The molecule has 5 nitrogen and oxygen atoms in total. The first-order chi connectivity index (χ1) is 7.94. The fourth-order valence-electron chi connectivity index (χ4n) is 2.36. The van der Waals surface area contributed by atoms with Gasteiger partial charge in [-0.2, -0.15) is 0 Å². The van der Waals surface area contributed by atoms with Crippen molar-refractivity contribution >= 4 is 11.9 Å². The molecular weight excluding hydrogens is 220 g/mol. The molecule has 3 N–H and O–H groups in total. The van der Waals surface area contributed by atoms with E-state index < -0.39 is 11.5 Å². The molecule has 17 heavy (non-hydrogen) atoms. The lowest BCUT2D eigenvalue weighted by Gasteiger charge is -2.33. The Morgan fingerprint density at radius 1 is 1.41 bits per heavy atom. The van der Waals surface area contributed by atoms with E-state index in [1.165, 1.54) is 0 Å². The number of hydrogen-bond acceptors (Lipinski definition) is 3. The molecule has 1 fully saturated rings.